The van der Waals surface area contributed by atoms with Gasteiger partial charge in [0.1, 0.15) is 5.82 Å². The molecule has 15 heavy (non-hydrogen) atoms. The van der Waals surface area contributed by atoms with Gasteiger partial charge in [0.25, 0.3) is 0 Å². The van der Waals surface area contributed by atoms with Crippen LogP contribution in [-0.2, 0) is 0 Å². The van der Waals surface area contributed by atoms with Gasteiger partial charge in [-0.15, -0.1) is 23.8 Å². The first-order chi connectivity index (χ1) is 6.89. The molecule has 0 aliphatic carbocycles. The Bertz CT molecular complexity index is 344. The number of rotatable bonds is 4. The first-order valence-electron chi connectivity index (χ1n) is 4.15. The smallest absolute Gasteiger partial charge is 0.445 e. The molecular formula is C9H8BF4S-. The van der Waals surface area contributed by atoms with Crippen LogP contribution in [0.2, 0.25) is 0 Å². The van der Waals surface area contributed by atoms with E-state index in [9.17, 15) is 17.3 Å². The molecule has 1 rings (SSSR count). The molecule has 82 valence electrons. The van der Waals surface area contributed by atoms with Crippen molar-refractivity contribution in [2.75, 3.05) is 5.75 Å². The van der Waals surface area contributed by atoms with E-state index in [4.69, 9.17) is 0 Å². The molecule has 0 aromatic heterocycles. The van der Waals surface area contributed by atoms with Crippen molar-refractivity contribution in [3.05, 3.63) is 42.1 Å². The SMILES string of the molecule is C=C(CSc1ccc(F)cc1)[B-](F)(F)F. The number of hydrogen-bond acceptors (Lipinski definition) is 1. The molecule has 0 nitrogen and oxygen atoms in total. The van der Waals surface area contributed by atoms with Crippen LogP contribution in [0.3, 0.4) is 0 Å². The van der Waals surface area contributed by atoms with Crippen LogP contribution in [0.25, 0.3) is 0 Å². The molecule has 0 saturated heterocycles. The van der Waals surface area contributed by atoms with Crippen LogP contribution in [-0.4, -0.2) is 12.7 Å². The van der Waals surface area contributed by atoms with E-state index >= 15 is 0 Å². The maximum absolute atomic E-state index is 12.5. The van der Waals surface area contributed by atoms with E-state index in [-0.39, 0.29) is 5.75 Å². The van der Waals surface area contributed by atoms with Gasteiger partial charge in [0.15, 0.2) is 0 Å². The Balaban J connectivity index is 2.51. The minimum atomic E-state index is -4.97. The van der Waals surface area contributed by atoms with Gasteiger partial charge < -0.3 is 12.9 Å². The molecule has 0 atom stereocenters. The van der Waals surface area contributed by atoms with Crippen molar-refractivity contribution < 1.29 is 17.3 Å². The molecule has 0 spiro atoms. The summed E-state index contributed by atoms with van der Waals surface area (Å²) in [5, 5.41) is 0. The van der Waals surface area contributed by atoms with Crippen molar-refractivity contribution in [3.8, 4) is 0 Å². The Kier molecular flexibility index (Phi) is 3.85. The van der Waals surface area contributed by atoms with E-state index in [2.05, 4.69) is 6.58 Å². The average molecular weight is 235 g/mol. The van der Waals surface area contributed by atoms with Crippen LogP contribution in [0.5, 0.6) is 0 Å². The summed E-state index contributed by atoms with van der Waals surface area (Å²) in [5.74, 6) is -0.618. The van der Waals surface area contributed by atoms with Crippen molar-refractivity contribution in [2.24, 2.45) is 0 Å². The van der Waals surface area contributed by atoms with Gasteiger partial charge in [-0.1, -0.05) is 0 Å². The first-order valence-corrected chi connectivity index (χ1v) is 5.14. The van der Waals surface area contributed by atoms with Gasteiger partial charge in [0.05, 0.1) is 0 Å². The summed E-state index contributed by atoms with van der Waals surface area (Å²) in [7, 11) is 0. The minimum absolute atomic E-state index is 0.213. The van der Waals surface area contributed by atoms with Gasteiger partial charge in [-0.25, -0.2) is 4.39 Å². The molecule has 0 fully saturated rings. The van der Waals surface area contributed by atoms with Crippen molar-refractivity contribution in [1.82, 2.24) is 0 Å². The van der Waals surface area contributed by atoms with E-state index in [1.54, 1.807) is 0 Å². The summed E-state index contributed by atoms with van der Waals surface area (Å²) < 4.78 is 48.8. The van der Waals surface area contributed by atoms with Crippen LogP contribution in [0, 0.1) is 5.82 Å². The molecule has 0 N–H and O–H groups in total. The summed E-state index contributed by atoms with van der Waals surface area (Å²) in [4.78, 5) is 0.595. The topological polar surface area (TPSA) is 0 Å². The molecule has 0 unspecified atom stereocenters. The first kappa shape index (κ1) is 12.2. The van der Waals surface area contributed by atoms with Crippen LogP contribution in [0.1, 0.15) is 0 Å². The Labute approximate surface area is 89.4 Å². The molecule has 0 aliphatic rings. The second-order valence-electron chi connectivity index (χ2n) is 2.98. The third-order valence-electron chi connectivity index (χ3n) is 1.70. The maximum atomic E-state index is 12.5. The fourth-order valence-electron chi connectivity index (χ4n) is 0.801. The highest BCUT2D eigenvalue weighted by molar-refractivity contribution is 7.99. The van der Waals surface area contributed by atoms with Crippen molar-refractivity contribution in [3.63, 3.8) is 0 Å². The zero-order valence-electron chi connectivity index (χ0n) is 7.72. The minimum Gasteiger partial charge on any atom is -0.445 e. The summed E-state index contributed by atoms with van der Waals surface area (Å²) in [6.07, 6.45) is 0. The fraction of sp³-hybridized carbons (Fsp3) is 0.111. The summed E-state index contributed by atoms with van der Waals surface area (Å²) in [6, 6.07) is 5.31. The summed E-state index contributed by atoms with van der Waals surface area (Å²) in [6.45, 7) is -2.00. The molecule has 1 aromatic rings. The van der Waals surface area contributed by atoms with E-state index in [1.807, 2.05) is 0 Å². The van der Waals surface area contributed by atoms with Crippen molar-refractivity contribution in [1.29, 1.82) is 0 Å². The molecule has 0 heterocycles. The van der Waals surface area contributed by atoms with E-state index in [0.717, 1.165) is 11.8 Å². The Morgan fingerprint density at radius 2 is 1.73 bits per heavy atom. The Morgan fingerprint density at radius 3 is 2.20 bits per heavy atom. The van der Waals surface area contributed by atoms with Gasteiger partial charge in [0.2, 0.25) is 0 Å². The molecule has 1 aromatic carbocycles. The molecule has 0 aliphatic heterocycles. The lowest BCUT2D eigenvalue weighted by Crippen LogP contribution is -2.20. The van der Waals surface area contributed by atoms with Crippen LogP contribution >= 0.6 is 11.8 Å². The summed E-state index contributed by atoms with van der Waals surface area (Å²) >= 11 is 0.994. The van der Waals surface area contributed by atoms with Crippen LogP contribution < -0.4 is 0 Å². The second-order valence-corrected chi connectivity index (χ2v) is 4.02. The maximum Gasteiger partial charge on any atom is 0.505 e. The van der Waals surface area contributed by atoms with Crippen LogP contribution in [0.15, 0.2) is 41.2 Å². The number of halogens is 4. The zero-order valence-corrected chi connectivity index (χ0v) is 8.54. The lowest BCUT2D eigenvalue weighted by molar-refractivity contribution is 0.491. The molecular weight excluding hydrogens is 227 g/mol. The monoisotopic (exact) mass is 235 g/mol. The number of thioether (sulfide) groups is 1. The molecule has 0 radical (unpaired) electrons. The zero-order chi connectivity index (χ0) is 11.5. The van der Waals surface area contributed by atoms with Crippen molar-refractivity contribution in [2.45, 2.75) is 4.90 Å². The normalized spacial score (nSPS) is 11.5. The quantitative estimate of drug-likeness (QED) is 0.433. The fourth-order valence-corrected chi connectivity index (χ4v) is 1.67. The third-order valence-corrected chi connectivity index (χ3v) is 2.82. The molecule has 0 amide bonds. The van der Waals surface area contributed by atoms with Gasteiger partial charge >= 0.3 is 6.98 Å². The predicted octanol–water partition coefficient (Wildman–Crippen LogP) is 3.86. The van der Waals surface area contributed by atoms with Gasteiger partial charge in [-0.05, 0) is 30.0 Å². The molecule has 0 saturated carbocycles. The molecule has 0 bridgehead atoms. The van der Waals surface area contributed by atoms with Gasteiger partial charge in [-0.3, -0.25) is 0 Å². The highest BCUT2D eigenvalue weighted by atomic mass is 32.2. The summed E-state index contributed by atoms with van der Waals surface area (Å²) in [5.41, 5.74) is -0.732. The van der Waals surface area contributed by atoms with E-state index in [0.29, 0.717) is 4.90 Å². The standard InChI is InChI=1S/C9H8BF4S/c1-7(10(12,13)14)6-15-9-4-2-8(11)3-5-9/h2-5H,1,6H2/q-1. The number of benzene rings is 1. The van der Waals surface area contributed by atoms with Crippen LogP contribution in [0.4, 0.5) is 17.3 Å². The van der Waals surface area contributed by atoms with Gasteiger partial charge in [0, 0.05) is 4.90 Å². The Hall–Kier alpha value is -0.905. The van der Waals surface area contributed by atoms with Crippen molar-refractivity contribution >= 4 is 18.7 Å². The second kappa shape index (κ2) is 4.74. The lowest BCUT2D eigenvalue weighted by atomic mass is 9.82. The third kappa shape index (κ3) is 3.99. The highest BCUT2D eigenvalue weighted by Gasteiger charge is 2.26. The average Bonchev–Trinajstić information content (AvgIpc) is 2.15. The molecule has 6 heteroatoms. The largest absolute Gasteiger partial charge is 0.505 e. The lowest BCUT2D eigenvalue weighted by Gasteiger charge is -2.17. The number of hydrogen-bond donors (Lipinski definition) is 0. The van der Waals surface area contributed by atoms with E-state index < -0.39 is 18.3 Å². The highest BCUT2D eigenvalue weighted by Crippen LogP contribution is 2.26. The van der Waals surface area contributed by atoms with E-state index in [1.165, 1.54) is 24.3 Å². The Morgan fingerprint density at radius 1 is 1.20 bits per heavy atom. The predicted molar refractivity (Wildman–Crippen MR) is 55.3 cm³/mol. The van der Waals surface area contributed by atoms with Gasteiger partial charge in [-0.2, -0.15) is 0 Å².